The van der Waals surface area contributed by atoms with Gasteiger partial charge in [-0.2, -0.15) is 0 Å². The van der Waals surface area contributed by atoms with Crippen LogP contribution in [0.5, 0.6) is 5.75 Å². The molecule has 2 fully saturated rings. The van der Waals surface area contributed by atoms with Crippen molar-refractivity contribution in [2.24, 2.45) is 5.92 Å². The van der Waals surface area contributed by atoms with E-state index in [0.29, 0.717) is 5.41 Å². The number of likely N-dealkylation sites (tertiary alicyclic amines) is 1. The zero-order chi connectivity index (χ0) is 18.0. The maximum absolute atomic E-state index is 5.79. The molecule has 0 bridgehead atoms. The Morgan fingerprint density at radius 2 is 2.08 bits per heavy atom. The van der Waals surface area contributed by atoms with E-state index < -0.39 is 0 Å². The van der Waals surface area contributed by atoms with Crippen LogP contribution >= 0.6 is 0 Å². The predicted molar refractivity (Wildman–Crippen MR) is 104 cm³/mol. The van der Waals surface area contributed by atoms with Gasteiger partial charge < -0.3 is 9.64 Å². The maximum atomic E-state index is 5.79. The second kappa shape index (κ2) is 7.37. The first kappa shape index (κ1) is 17.5. The van der Waals surface area contributed by atoms with Gasteiger partial charge in [-0.3, -0.25) is 9.88 Å². The van der Waals surface area contributed by atoms with Crippen molar-refractivity contribution in [3.05, 3.63) is 59.9 Å². The fraction of sp³-hybridized carbons (Fsp3) is 0.500. The predicted octanol–water partition coefficient (Wildman–Crippen LogP) is 3.19. The quantitative estimate of drug-likeness (QED) is 0.766. The van der Waals surface area contributed by atoms with Crippen LogP contribution in [-0.2, 0) is 12.0 Å². The first-order chi connectivity index (χ1) is 12.7. The number of hydrogen-bond donors (Lipinski definition) is 0. The number of fused-ring (bicyclic) bond motifs is 1. The number of ether oxygens (including phenoxy) is 1. The third-order valence-electron chi connectivity index (χ3n) is 5.96. The molecule has 2 unspecified atom stereocenters. The number of likely N-dealkylation sites (N-methyl/N-ethyl adjacent to an activating group) is 1. The minimum absolute atomic E-state index is 0.425. The van der Waals surface area contributed by atoms with E-state index in [9.17, 15) is 0 Å². The normalized spacial score (nSPS) is 25.1. The SMILES string of the molecule is CN(C)CCOc1ccc(CN2CCC3(c4cccnc4)CC3C2)cc1. The molecule has 1 aromatic carbocycles. The Morgan fingerprint density at radius 3 is 2.77 bits per heavy atom. The number of aromatic nitrogens is 1. The zero-order valence-corrected chi connectivity index (χ0v) is 15.9. The van der Waals surface area contributed by atoms with Gasteiger partial charge in [-0.1, -0.05) is 18.2 Å². The fourth-order valence-corrected chi connectivity index (χ4v) is 4.28. The monoisotopic (exact) mass is 351 g/mol. The van der Waals surface area contributed by atoms with Crippen LogP contribution in [0.15, 0.2) is 48.8 Å². The molecule has 0 spiro atoms. The highest BCUT2D eigenvalue weighted by Crippen LogP contribution is 2.59. The molecule has 2 aromatic rings. The number of piperidine rings is 1. The Kier molecular flexibility index (Phi) is 4.96. The summed E-state index contributed by atoms with van der Waals surface area (Å²) in [6, 6.07) is 13.0. The minimum atomic E-state index is 0.425. The van der Waals surface area contributed by atoms with E-state index in [-0.39, 0.29) is 0 Å². The molecule has 138 valence electrons. The summed E-state index contributed by atoms with van der Waals surface area (Å²) in [7, 11) is 4.13. The van der Waals surface area contributed by atoms with Crippen LogP contribution in [0.4, 0.5) is 0 Å². The van der Waals surface area contributed by atoms with Crippen LogP contribution < -0.4 is 4.74 Å². The second-order valence-corrected chi connectivity index (χ2v) is 8.08. The van der Waals surface area contributed by atoms with Crippen LogP contribution in [0.1, 0.15) is 24.0 Å². The highest BCUT2D eigenvalue weighted by molar-refractivity contribution is 5.33. The third kappa shape index (κ3) is 3.76. The molecule has 0 radical (unpaired) electrons. The van der Waals surface area contributed by atoms with Crippen molar-refractivity contribution in [2.45, 2.75) is 24.8 Å². The molecule has 2 aliphatic rings. The summed E-state index contributed by atoms with van der Waals surface area (Å²) in [6.07, 6.45) is 6.54. The van der Waals surface area contributed by atoms with Gasteiger partial charge in [0.05, 0.1) is 0 Å². The summed E-state index contributed by atoms with van der Waals surface area (Å²) in [4.78, 5) is 9.07. The second-order valence-electron chi connectivity index (χ2n) is 8.08. The van der Waals surface area contributed by atoms with Crippen molar-refractivity contribution in [1.29, 1.82) is 0 Å². The Hall–Kier alpha value is -1.91. The molecule has 1 aliphatic heterocycles. The van der Waals surface area contributed by atoms with Gasteiger partial charge >= 0.3 is 0 Å². The summed E-state index contributed by atoms with van der Waals surface area (Å²) in [5.74, 6) is 1.76. The van der Waals surface area contributed by atoms with Crippen LogP contribution in [-0.4, -0.2) is 55.1 Å². The maximum Gasteiger partial charge on any atom is 0.119 e. The Labute approximate surface area is 156 Å². The smallest absolute Gasteiger partial charge is 0.119 e. The molecule has 1 aromatic heterocycles. The van der Waals surface area contributed by atoms with E-state index >= 15 is 0 Å². The molecule has 4 heteroatoms. The molecular formula is C22H29N3O. The van der Waals surface area contributed by atoms with Crippen molar-refractivity contribution < 1.29 is 4.74 Å². The fourth-order valence-electron chi connectivity index (χ4n) is 4.28. The van der Waals surface area contributed by atoms with E-state index in [1.807, 2.05) is 6.20 Å². The van der Waals surface area contributed by atoms with E-state index in [2.05, 4.69) is 71.5 Å². The summed E-state index contributed by atoms with van der Waals surface area (Å²) < 4.78 is 5.79. The average molecular weight is 351 g/mol. The third-order valence-corrected chi connectivity index (χ3v) is 5.96. The van der Waals surface area contributed by atoms with Crippen molar-refractivity contribution in [2.75, 3.05) is 40.3 Å². The molecule has 0 amide bonds. The van der Waals surface area contributed by atoms with Gasteiger partial charge in [0, 0.05) is 37.4 Å². The van der Waals surface area contributed by atoms with Crippen molar-refractivity contribution in [3.8, 4) is 5.75 Å². The van der Waals surface area contributed by atoms with Crippen molar-refractivity contribution in [1.82, 2.24) is 14.8 Å². The molecule has 0 N–H and O–H groups in total. The van der Waals surface area contributed by atoms with Crippen LogP contribution in [0.25, 0.3) is 0 Å². The number of pyridine rings is 1. The Balaban J connectivity index is 1.29. The summed E-state index contributed by atoms with van der Waals surface area (Å²) in [5, 5.41) is 0. The van der Waals surface area contributed by atoms with Gasteiger partial charge in [-0.15, -0.1) is 0 Å². The van der Waals surface area contributed by atoms with Crippen LogP contribution in [0, 0.1) is 5.92 Å². The summed E-state index contributed by atoms with van der Waals surface area (Å²) in [5.41, 5.74) is 3.25. The lowest BCUT2D eigenvalue weighted by Crippen LogP contribution is -2.35. The van der Waals surface area contributed by atoms with Gasteiger partial charge in [0.2, 0.25) is 0 Å². The number of rotatable bonds is 7. The Bertz CT molecular complexity index is 716. The highest BCUT2D eigenvalue weighted by atomic mass is 16.5. The van der Waals surface area contributed by atoms with Crippen LogP contribution in [0.2, 0.25) is 0 Å². The molecular weight excluding hydrogens is 322 g/mol. The largest absolute Gasteiger partial charge is 0.492 e. The van der Waals surface area contributed by atoms with E-state index in [0.717, 1.165) is 31.4 Å². The molecule has 4 nitrogen and oxygen atoms in total. The molecule has 1 aliphatic carbocycles. The molecule has 2 atom stereocenters. The zero-order valence-electron chi connectivity index (χ0n) is 15.9. The lowest BCUT2D eigenvalue weighted by atomic mass is 9.88. The van der Waals surface area contributed by atoms with Gasteiger partial charge in [-0.05, 0) is 68.7 Å². The minimum Gasteiger partial charge on any atom is -0.492 e. The lowest BCUT2D eigenvalue weighted by molar-refractivity contribution is 0.198. The number of hydrogen-bond acceptors (Lipinski definition) is 4. The number of nitrogens with zero attached hydrogens (tertiary/aromatic N) is 3. The molecule has 1 saturated heterocycles. The van der Waals surface area contributed by atoms with Crippen molar-refractivity contribution >= 4 is 0 Å². The standard InChI is InChI=1S/C22H29N3O/c1-24(2)12-13-26-21-7-5-18(6-8-21)16-25-11-9-22(14-20(22)17-25)19-4-3-10-23-15-19/h3-8,10,15,20H,9,11-14,16-17H2,1-2H3. The molecule has 1 saturated carbocycles. The first-order valence-electron chi connectivity index (χ1n) is 9.65. The van der Waals surface area contributed by atoms with E-state index in [1.54, 1.807) is 0 Å². The van der Waals surface area contributed by atoms with Gasteiger partial charge in [-0.25, -0.2) is 0 Å². The summed E-state index contributed by atoms with van der Waals surface area (Å²) in [6.45, 7) is 5.09. The average Bonchev–Trinajstić information content (AvgIpc) is 3.39. The van der Waals surface area contributed by atoms with Gasteiger partial charge in [0.25, 0.3) is 0 Å². The van der Waals surface area contributed by atoms with E-state index in [4.69, 9.17) is 4.74 Å². The first-order valence-corrected chi connectivity index (χ1v) is 9.65. The molecule has 2 heterocycles. The summed E-state index contributed by atoms with van der Waals surface area (Å²) >= 11 is 0. The highest BCUT2D eigenvalue weighted by Gasteiger charge is 2.57. The topological polar surface area (TPSA) is 28.6 Å². The van der Waals surface area contributed by atoms with Gasteiger partial charge in [0.1, 0.15) is 12.4 Å². The lowest BCUT2D eigenvalue weighted by Gasteiger charge is -2.31. The molecule has 4 rings (SSSR count). The van der Waals surface area contributed by atoms with Crippen LogP contribution in [0.3, 0.4) is 0 Å². The molecule has 26 heavy (non-hydrogen) atoms. The van der Waals surface area contributed by atoms with E-state index in [1.165, 1.54) is 37.1 Å². The van der Waals surface area contributed by atoms with Crippen molar-refractivity contribution in [3.63, 3.8) is 0 Å². The number of benzene rings is 1. The Morgan fingerprint density at radius 1 is 1.23 bits per heavy atom. The van der Waals surface area contributed by atoms with Gasteiger partial charge in [0.15, 0.2) is 0 Å².